The Bertz CT molecular complexity index is 1110. The minimum atomic E-state index is -0.297. The van der Waals surface area contributed by atoms with E-state index in [0.717, 1.165) is 0 Å². The highest BCUT2D eigenvalue weighted by Crippen LogP contribution is 2.29. The summed E-state index contributed by atoms with van der Waals surface area (Å²) in [5, 5.41) is 6.87. The lowest BCUT2D eigenvalue weighted by molar-refractivity contribution is 0.102. The summed E-state index contributed by atoms with van der Waals surface area (Å²) in [6.07, 6.45) is 1.66. The van der Waals surface area contributed by atoms with Crippen LogP contribution in [0, 0.1) is 0 Å². The summed E-state index contributed by atoms with van der Waals surface area (Å²) in [7, 11) is 1.53. The van der Waals surface area contributed by atoms with Gasteiger partial charge in [0.2, 0.25) is 5.82 Å². The Morgan fingerprint density at radius 3 is 2.61 bits per heavy atom. The van der Waals surface area contributed by atoms with E-state index in [1.807, 2.05) is 24.3 Å². The normalized spacial score (nSPS) is 10.5. The average Bonchev–Trinajstić information content (AvgIpc) is 3.25. The molecule has 1 amide bonds. The number of pyridine rings is 1. The van der Waals surface area contributed by atoms with Crippen molar-refractivity contribution in [3.8, 4) is 28.7 Å². The third kappa shape index (κ3) is 3.45. The fourth-order valence-corrected chi connectivity index (χ4v) is 2.73. The minimum Gasteiger partial charge on any atom is -0.496 e. The second-order valence-electron chi connectivity index (χ2n) is 5.84. The quantitative estimate of drug-likeness (QED) is 0.568. The number of ether oxygens (including phenoxy) is 1. The predicted octanol–water partition coefficient (Wildman–Crippen LogP) is 4.06. The van der Waals surface area contributed by atoms with E-state index in [-0.39, 0.29) is 11.8 Å². The number of amides is 1. The predicted molar refractivity (Wildman–Crippen MR) is 104 cm³/mol. The molecule has 7 nitrogen and oxygen atoms in total. The molecular formula is C21H16N4O3. The number of rotatable bonds is 5. The van der Waals surface area contributed by atoms with E-state index < -0.39 is 0 Å². The second-order valence-corrected chi connectivity index (χ2v) is 5.84. The first-order valence-electron chi connectivity index (χ1n) is 8.55. The zero-order chi connectivity index (χ0) is 19.3. The highest BCUT2D eigenvalue weighted by Gasteiger charge is 2.17. The zero-order valence-electron chi connectivity index (χ0n) is 15.0. The van der Waals surface area contributed by atoms with Crippen LogP contribution in [-0.2, 0) is 0 Å². The third-order valence-electron chi connectivity index (χ3n) is 4.08. The van der Waals surface area contributed by atoms with Crippen LogP contribution >= 0.6 is 0 Å². The fraction of sp³-hybridized carbons (Fsp3) is 0.0476. The number of hydrogen-bond donors (Lipinski definition) is 1. The number of carbonyl (C=O) groups excluding carboxylic acids is 1. The fourth-order valence-electron chi connectivity index (χ4n) is 2.73. The minimum absolute atomic E-state index is 0.288. The maximum absolute atomic E-state index is 12.7. The van der Waals surface area contributed by atoms with Gasteiger partial charge in [-0.25, -0.2) is 0 Å². The highest BCUT2D eigenvalue weighted by molar-refractivity contribution is 6.07. The van der Waals surface area contributed by atoms with Gasteiger partial charge in [0, 0.05) is 6.20 Å². The molecule has 0 atom stereocenters. The van der Waals surface area contributed by atoms with Crippen molar-refractivity contribution >= 4 is 11.6 Å². The maximum atomic E-state index is 12.7. The molecular weight excluding hydrogens is 356 g/mol. The number of aromatic nitrogens is 3. The summed E-state index contributed by atoms with van der Waals surface area (Å²) in [5.74, 6) is 0.861. The van der Waals surface area contributed by atoms with E-state index in [1.54, 1.807) is 48.7 Å². The van der Waals surface area contributed by atoms with Crippen LogP contribution in [0.5, 0.6) is 5.75 Å². The average molecular weight is 372 g/mol. The Morgan fingerprint density at radius 2 is 1.79 bits per heavy atom. The van der Waals surface area contributed by atoms with Crippen molar-refractivity contribution in [1.82, 2.24) is 15.1 Å². The van der Waals surface area contributed by atoms with Crippen LogP contribution in [0.25, 0.3) is 23.0 Å². The molecule has 7 heteroatoms. The van der Waals surface area contributed by atoms with E-state index in [1.165, 1.54) is 7.11 Å². The smallest absolute Gasteiger partial charge is 0.260 e. The van der Waals surface area contributed by atoms with Crippen molar-refractivity contribution < 1.29 is 14.1 Å². The molecule has 0 aliphatic rings. The van der Waals surface area contributed by atoms with Crippen LogP contribution in [0.2, 0.25) is 0 Å². The molecule has 28 heavy (non-hydrogen) atoms. The number of anilines is 1. The zero-order valence-corrected chi connectivity index (χ0v) is 15.0. The standard InChI is InChI=1S/C21H16N4O3/c1-27-18-12-5-3-9-15(18)20(26)23-16-10-4-2-8-14(16)21-24-19(25-28-21)17-11-6-7-13-22-17/h2-13H,1H3,(H,23,26). The first-order chi connectivity index (χ1) is 13.8. The summed E-state index contributed by atoms with van der Waals surface area (Å²) in [6, 6.07) is 19.7. The number of benzene rings is 2. The number of carbonyl (C=O) groups is 1. The molecule has 0 spiro atoms. The van der Waals surface area contributed by atoms with Crippen LogP contribution in [-0.4, -0.2) is 28.1 Å². The third-order valence-corrected chi connectivity index (χ3v) is 4.08. The number of para-hydroxylation sites is 2. The van der Waals surface area contributed by atoms with Crippen LogP contribution in [0.15, 0.2) is 77.4 Å². The summed E-state index contributed by atoms with van der Waals surface area (Å²) < 4.78 is 10.7. The van der Waals surface area contributed by atoms with Crippen molar-refractivity contribution in [3.63, 3.8) is 0 Å². The van der Waals surface area contributed by atoms with Gasteiger partial charge in [-0.2, -0.15) is 4.98 Å². The van der Waals surface area contributed by atoms with Crippen LogP contribution in [0.1, 0.15) is 10.4 Å². The second kappa shape index (κ2) is 7.71. The van der Waals surface area contributed by atoms with Gasteiger partial charge in [0.05, 0.1) is 23.9 Å². The molecule has 4 aromatic rings. The van der Waals surface area contributed by atoms with Crippen LogP contribution < -0.4 is 10.1 Å². The van der Waals surface area contributed by atoms with Gasteiger partial charge >= 0.3 is 0 Å². The summed E-state index contributed by atoms with van der Waals surface area (Å²) in [5.41, 5.74) is 2.20. The van der Waals surface area contributed by atoms with Gasteiger partial charge in [-0.3, -0.25) is 9.78 Å². The van der Waals surface area contributed by atoms with Gasteiger partial charge in [-0.1, -0.05) is 35.5 Å². The Kier molecular flexibility index (Phi) is 4.79. The molecule has 2 heterocycles. The molecule has 0 saturated heterocycles. The number of methoxy groups -OCH3 is 1. The Balaban J connectivity index is 1.65. The summed E-state index contributed by atoms with van der Waals surface area (Å²) in [6.45, 7) is 0. The summed E-state index contributed by atoms with van der Waals surface area (Å²) >= 11 is 0. The molecule has 0 unspecified atom stereocenters. The first kappa shape index (κ1) is 17.4. The van der Waals surface area contributed by atoms with Crippen molar-refractivity contribution in [2.45, 2.75) is 0 Å². The Labute approximate surface area is 161 Å². The van der Waals surface area contributed by atoms with Gasteiger partial charge in [-0.05, 0) is 36.4 Å². The van der Waals surface area contributed by atoms with E-state index in [0.29, 0.717) is 34.1 Å². The van der Waals surface area contributed by atoms with Gasteiger partial charge in [0.1, 0.15) is 11.4 Å². The van der Waals surface area contributed by atoms with Crippen LogP contribution in [0.4, 0.5) is 5.69 Å². The maximum Gasteiger partial charge on any atom is 0.260 e. The van der Waals surface area contributed by atoms with Crippen molar-refractivity contribution in [1.29, 1.82) is 0 Å². The van der Waals surface area contributed by atoms with E-state index in [4.69, 9.17) is 9.26 Å². The number of hydrogen-bond acceptors (Lipinski definition) is 6. The summed E-state index contributed by atoms with van der Waals surface area (Å²) in [4.78, 5) is 21.4. The SMILES string of the molecule is COc1ccccc1C(=O)Nc1ccccc1-c1nc(-c2ccccn2)no1. The van der Waals surface area contributed by atoms with Gasteiger partial charge < -0.3 is 14.6 Å². The molecule has 2 aromatic heterocycles. The van der Waals surface area contributed by atoms with Gasteiger partial charge in [-0.15, -0.1) is 0 Å². The Morgan fingerprint density at radius 1 is 1.00 bits per heavy atom. The van der Waals surface area contributed by atoms with E-state index in [9.17, 15) is 4.79 Å². The lowest BCUT2D eigenvalue weighted by atomic mass is 10.1. The molecule has 0 bridgehead atoms. The van der Waals surface area contributed by atoms with Crippen LogP contribution in [0.3, 0.4) is 0 Å². The molecule has 1 N–H and O–H groups in total. The monoisotopic (exact) mass is 372 g/mol. The Hall–Kier alpha value is -4.00. The van der Waals surface area contributed by atoms with Gasteiger partial charge in [0.25, 0.3) is 11.8 Å². The molecule has 0 fully saturated rings. The van der Waals surface area contributed by atoms with E-state index >= 15 is 0 Å². The topological polar surface area (TPSA) is 90.1 Å². The van der Waals surface area contributed by atoms with Crippen molar-refractivity contribution in [2.24, 2.45) is 0 Å². The van der Waals surface area contributed by atoms with E-state index in [2.05, 4.69) is 20.4 Å². The molecule has 0 radical (unpaired) electrons. The van der Waals surface area contributed by atoms with Crippen molar-refractivity contribution in [2.75, 3.05) is 12.4 Å². The molecule has 0 aliphatic heterocycles. The lowest BCUT2D eigenvalue weighted by Gasteiger charge is -2.11. The first-order valence-corrected chi connectivity index (χ1v) is 8.55. The molecule has 138 valence electrons. The largest absolute Gasteiger partial charge is 0.496 e. The molecule has 0 aliphatic carbocycles. The highest BCUT2D eigenvalue weighted by atomic mass is 16.5. The van der Waals surface area contributed by atoms with Crippen molar-refractivity contribution in [3.05, 3.63) is 78.5 Å². The van der Waals surface area contributed by atoms with Gasteiger partial charge in [0.15, 0.2) is 0 Å². The lowest BCUT2D eigenvalue weighted by Crippen LogP contribution is -2.13. The molecule has 2 aromatic carbocycles. The molecule has 4 rings (SSSR count). The number of nitrogens with zero attached hydrogens (tertiary/aromatic N) is 3. The molecule has 0 saturated carbocycles. The number of nitrogens with one attached hydrogen (secondary N) is 1.